The average molecular weight is 361 g/mol. The van der Waals surface area contributed by atoms with E-state index in [0.717, 1.165) is 31.3 Å². The van der Waals surface area contributed by atoms with Gasteiger partial charge >= 0.3 is 0 Å². The van der Waals surface area contributed by atoms with E-state index in [1.807, 2.05) is 13.0 Å². The highest BCUT2D eigenvalue weighted by Crippen LogP contribution is 2.66. The smallest absolute Gasteiger partial charge is 0.181 e. The molecule has 6 atom stereocenters. The van der Waals surface area contributed by atoms with Crippen molar-refractivity contribution in [3.63, 3.8) is 0 Å². The zero-order valence-electron chi connectivity index (χ0n) is 15.6. The lowest BCUT2D eigenvalue weighted by molar-refractivity contribution is -0.127. The van der Waals surface area contributed by atoms with Crippen molar-refractivity contribution in [1.82, 2.24) is 0 Å². The number of alkyl halides is 1. The van der Waals surface area contributed by atoms with Crippen LogP contribution in [0.2, 0.25) is 0 Å². The van der Waals surface area contributed by atoms with Crippen LogP contribution in [-0.2, 0) is 9.59 Å². The molecule has 0 spiro atoms. The number of carbonyl (C=O) groups is 2. The number of rotatable bonds is 2. The normalized spacial score (nSPS) is 45.8. The molecule has 0 aromatic rings. The van der Waals surface area contributed by atoms with Gasteiger partial charge in [-0.25, -0.2) is 0 Å². The molecule has 0 unspecified atom stereocenters. The van der Waals surface area contributed by atoms with Crippen LogP contribution in [0.4, 0.5) is 0 Å². The third kappa shape index (κ3) is 2.36. The summed E-state index contributed by atoms with van der Waals surface area (Å²) in [6, 6.07) is 0. The molecule has 0 radical (unpaired) electrons. The fourth-order valence-electron chi connectivity index (χ4n) is 7.11. The molecule has 0 N–H and O–H groups in total. The molecule has 4 aliphatic rings. The summed E-state index contributed by atoms with van der Waals surface area (Å²) in [5.74, 6) is 2.69. The van der Waals surface area contributed by atoms with E-state index in [0.29, 0.717) is 17.8 Å². The second kappa shape index (κ2) is 5.81. The second-order valence-corrected chi connectivity index (χ2v) is 9.60. The molecule has 0 amide bonds. The number of fused-ring (bicyclic) bond motifs is 5. The van der Waals surface area contributed by atoms with Crippen molar-refractivity contribution in [2.45, 2.75) is 59.3 Å². The zero-order valence-corrected chi connectivity index (χ0v) is 16.4. The van der Waals surface area contributed by atoms with Gasteiger partial charge < -0.3 is 0 Å². The van der Waals surface area contributed by atoms with Crippen molar-refractivity contribution in [2.75, 3.05) is 5.88 Å². The standard InChI is InChI=1S/C22H29ClO2/c1-13-11-22(3)14(10-19(13)24)4-5-15-16-6-7-18(20(25)12-23)21(16,2)9-8-17(15)22/h10-11,15-18H,4-9,12H2,1-3H3/t15-,16-,17-,18+,21-,22-/m0/s1. The maximum Gasteiger partial charge on any atom is 0.181 e. The first-order chi connectivity index (χ1) is 11.8. The Hall–Kier alpha value is -0.890. The third-order valence-corrected chi connectivity index (χ3v) is 8.64. The maximum absolute atomic E-state index is 12.4. The van der Waals surface area contributed by atoms with Gasteiger partial charge in [-0.3, -0.25) is 9.59 Å². The van der Waals surface area contributed by atoms with Crippen molar-refractivity contribution < 1.29 is 9.59 Å². The highest BCUT2D eigenvalue weighted by Gasteiger charge is 2.59. The van der Waals surface area contributed by atoms with Gasteiger partial charge in [0.25, 0.3) is 0 Å². The Balaban J connectivity index is 1.68. The molecule has 2 nitrogen and oxygen atoms in total. The topological polar surface area (TPSA) is 34.1 Å². The van der Waals surface area contributed by atoms with Crippen molar-refractivity contribution >= 4 is 23.2 Å². The summed E-state index contributed by atoms with van der Waals surface area (Å²) in [5, 5.41) is 0. The monoisotopic (exact) mass is 360 g/mol. The van der Waals surface area contributed by atoms with Gasteiger partial charge in [0.1, 0.15) is 0 Å². The Kier molecular flexibility index (Phi) is 4.07. The second-order valence-electron chi connectivity index (χ2n) is 9.33. The van der Waals surface area contributed by atoms with E-state index in [-0.39, 0.29) is 34.2 Å². The number of halogens is 1. The molecule has 4 rings (SSSR count). The van der Waals surface area contributed by atoms with Crippen molar-refractivity contribution in [2.24, 2.45) is 34.5 Å². The van der Waals surface area contributed by atoms with Crippen molar-refractivity contribution in [1.29, 1.82) is 0 Å². The van der Waals surface area contributed by atoms with E-state index in [1.54, 1.807) is 0 Å². The van der Waals surface area contributed by atoms with Gasteiger partial charge in [-0.1, -0.05) is 25.5 Å². The summed E-state index contributed by atoms with van der Waals surface area (Å²) in [6.07, 6.45) is 10.9. The summed E-state index contributed by atoms with van der Waals surface area (Å²) in [7, 11) is 0. The maximum atomic E-state index is 12.4. The van der Waals surface area contributed by atoms with Gasteiger partial charge in [0.15, 0.2) is 11.6 Å². The van der Waals surface area contributed by atoms with Gasteiger partial charge in [0, 0.05) is 11.3 Å². The Bertz CT molecular complexity index is 690. The van der Waals surface area contributed by atoms with E-state index in [2.05, 4.69) is 19.9 Å². The summed E-state index contributed by atoms with van der Waals surface area (Å²) >= 11 is 5.91. The molecule has 0 saturated heterocycles. The fourth-order valence-corrected chi connectivity index (χ4v) is 7.29. The largest absolute Gasteiger partial charge is 0.298 e. The minimum Gasteiger partial charge on any atom is -0.298 e. The predicted molar refractivity (Wildman–Crippen MR) is 100 cm³/mol. The third-order valence-electron chi connectivity index (χ3n) is 8.38. The van der Waals surface area contributed by atoms with Crippen LogP contribution in [0.25, 0.3) is 0 Å². The van der Waals surface area contributed by atoms with Gasteiger partial charge in [-0.2, -0.15) is 0 Å². The minimum absolute atomic E-state index is 0.0385. The molecular formula is C22H29ClO2. The average Bonchev–Trinajstić information content (AvgIpc) is 2.93. The molecule has 3 fully saturated rings. The van der Waals surface area contributed by atoms with E-state index < -0.39 is 0 Å². The number of hydrogen-bond acceptors (Lipinski definition) is 2. The molecule has 136 valence electrons. The van der Waals surface area contributed by atoms with Crippen LogP contribution in [0.1, 0.15) is 59.3 Å². The lowest BCUT2D eigenvalue weighted by Crippen LogP contribution is -2.50. The van der Waals surface area contributed by atoms with E-state index in [1.165, 1.54) is 18.4 Å². The Morgan fingerprint density at radius 1 is 1.20 bits per heavy atom. The first-order valence-corrected chi connectivity index (χ1v) is 10.4. The van der Waals surface area contributed by atoms with E-state index in [9.17, 15) is 9.59 Å². The Morgan fingerprint density at radius 3 is 2.68 bits per heavy atom. The van der Waals surface area contributed by atoms with Crippen LogP contribution in [0.5, 0.6) is 0 Å². The van der Waals surface area contributed by atoms with Gasteiger partial charge in [-0.15, -0.1) is 11.6 Å². The number of allylic oxidation sites excluding steroid dienone is 4. The first-order valence-electron chi connectivity index (χ1n) is 9.85. The van der Waals surface area contributed by atoms with E-state index >= 15 is 0 Å². The minimum atomic E-state index is 0.0385. The molecule has 0 aliphatic heterocycles. The van der Waals surface area contributed by atoms with Crippen molar-refractivity contribution in [3.8, 4) is 0 Å². The molecule has 4 aliphatic carbocycles. The lowest BCUT2D eigenvalue weighted by Gasteiger charge is -2.57. The molecule has 25 heavy (non-hydrogen) atoms. The zero-order chi connectivity index (χ0) is 18.0. The molecule has 0 bridgehead atoms. The molecule has 3 heteroatoms. The number of ketones is 2. The quantitative estimate of drug-likeness (QED) is 0.641. The summed E-state index contributed by atoms with van der Waals surface area (Å²) in [4.78, 5) is 24.6. The van der Waals surface area contributed by atoms with Crippen LogP contribution in [0, 0.1) is 34.5 Å². The Labute approximate surface area is 156 Å². The SMILES string of the molecule is CC1=C[C@@]2(C)C(=CC1=O)CC[C@H]1[C@@H]3CC[C@H](C(=O)CCl)[C@@]3(C)CC[C@@H]12. The van der Waals surface area contributed by atoms with Crippen LogP contribution in [-0.4, -0.2) is 17.4 Å². The predicted octanol–water partition coefficient (Wildman–Crippen LogP) is 5.11. The van der Waals surface area contributed by atoms with Crippen LogP contribution >= 0.6 is 11.6 Å². The molecular weight excluding hydrogens is 332 g/mol. The number of hydrogen-bond donors (Lipinski definition) is 0. The highest BCUT2D eigenvalue weighted by molar-refractivity contribution is 6.28. The highest BCUT2D eigenvalue weighted by atomic mass is 35.5. The fraction of sp³-hybridized carbons (Fsp3) is 0.727. The lowest BCUT2D eigenvalue weighted by atomic mass is 9.47. The number of carbonyl (C=O) groups excluding carboxylic acids is 2. The van der Waals surface area contributed by atoms with E-state index in [4.69, 9.17) is 11.6 Å². The van der Waals surface area contributed by atoms with Crippen LogP contribution < -0.4 is 0 Å². The van der Waals surface area contributed by atoms with Gasteiger partial charge in [0.05, 0.1) is 5.88 Å². The van der Waals surface area contributed by atoms with Crippen LogP contribution in [0.3, 0.4) is 0 Å². The van der Waals surface area contributed by atoms with Crippen molar-refractivity contribution in [3.05, 3.63) is 23.3 Å². The molecule has 0 heterocycles. The van der Waals surface area contributed by atoms with Gasteiger partial charge in [0.2, 0.25) is 0 Å². The first kappa shape index (κ1) is 17.5. The Morgan fingerprint density at radius 2 is 1.96 bits per heavy atom. The van der Waals surface area contributed by atoms with Crippen LogP contribution in [0.15, 0.2) is 23.3 Å². The van der Waals surface area contributed by atoms with Gasteiger partial charge in [-0.05, 0) is 80.3 Å². The number of Topliss-reactive ketones (excluding diaryl/α,β-unsaturated/α-hetero) is 1. The molecule has 0 aromatic carbocycles. The summed E-state index contributed by atoms with van der Waals surface area (Å²) < 4.78 is 0. The summed E-state index contributed by atoms with van der Waals surface area (Å²) in [6.45, 7) is 6.67. The molecule has 0 aromatic heterocycles. The summed E-state index contributed by atoms with van der Waals surface area (Å²) in [5.41, 5.74) is 2.42. The molecule has 3 saturated carbocycles.